The second-order valence-corrected chi connectivity index (χ2v) is 6.46. The second-order valence-electron chi connectivity index (χ2n) is 6.05. The molecule has 0 unspecified atom stereocenters. The van der Waals surface area contributed by atoms with Gasteiger partial charge in [0.25, 0.3) is 5.91 Å². The van der Waals surface area contributed by atoms with Crippen molar-refractivity contribution < 1.29 is 14.3 Å². The molecule has 0 fully saturated rings. The fourth-order valence-electron chi connectivity index (χ4n) is 2.67. The summed E-state index contributed by atoms with van der Waals surface area (Å²) in [5.74, 6) is 0.523. The minimum absolute atomic E-state index is 0.0277. The van der Waals surface area contributed by atoms with Gasteiger partial charge >= 0.3 is 0 Å². The molecule has 0 aromatic heterocycles. The predicted octanol–water partition coefficient (Wildman–Crippen LogP) is 4.61. The van der Waals surface area contributed by atoms with E-state index in [4.69, 9.17) is 21.1 Å². The average molecular weight is 383 g/mol. The Morgan fingerprint density at radius 2 is 2.00 bits per heavy atom. The zero-order valence-electron chi connectivity index (χ0n) is 14.9. The van der Waals surface area contributed by atoms with Crippen LogP contribution in [0, 0.1) is 11.3 Å². The van der Waals surface area contributed by atoms with Gasteiger partial charge in [-0.15, -0.1) is 0 Å². The predicted molar refractivity (Wildman–Crippen MR) is 105 cm³/mol. The van der Waals surface area contributed by atoms with Gasteiger partial charge in [-0.3, -0.25) is 4.79 Å². The number of nitriles is 1. The first-order valence-corrected chi connectivity index (χ1v) is 9.09. The molecule has 1 aliphatic rings. The molecule has 138 valence electrons. The van der Waals surface area contributed by atoms with Crippen molar-refractivity contribution in [3.05, 3.63) is 58.1 Å². The molecular weight excluding hydrogens is 364 g/mol. The number of nitrogens with zero attached hydrogens (tertiary/aromatic N) is 1. The summed E-state index contributed by atoms with van der Waals surface area (Å²) >= 11 is 6.27. The Bertz CT molecular complexity index is 914. The summed E-state index contributed by atoms with van der Waals surface area (Å²) in [5.41, 5.74) is 2.37. The van der Waals surface area contributed by atoms with Gasteiger partial charge in [0.15, 0.2) is 11.5 Å². The third kappa shape index (κ3) is 4.60. The third-order valence-corrected chi connectivity index (χ3v) is 4.40. The van der Waals surface area contributed by atoms with Crippen molar-refractivity contribution in [2.45, 2.75) is 19.8 Å². The van der Waals surface area contributed by atoms with Gasteiger partial charge in [0.2, 0.25) is 0 Å². The van der Waals surface area contributed by atoms with E-state index in [-0.39, 0.29) is 5.57 Å². The minimum Gasteiger partial charge on any atom is -0.489 e. The Morgan fingerprint density at radius 3 is 2.70 bits per heavy atom. The van der Waals surface area contributed by atoms with E-state index in [0.717, 1.165) is 12.8 Å². The van der Waals surface area contributed by atoms with Crippen LogP contribution in [0.5, 0.6) is 11.5 Å². The van der Waals surface area contributed by atoms with Gasteiger partial charge in [0.1, 0.15) is 11.6 Å². The summed E-state index contributed by atoms with van der Waals surface area (Å²) in [6.07, 6.45) is 3.16. The SMILES string of the molecule is CCc1ccc(NC(=O)/C(C#N)=C/c2cc(Cl)c3c(c2)OCCCO3)cc1. The molecule has 0 saturated carbocycles. The normalized spacial score (nSPS) is 13.4. The maximum atomic E-state index is 12.4. The Morgan fingerprint density at radius 1 is 1.26 bits per heavy atom. The number of anilines is 1. The summed E-state index contributed by atoms with van der Waals surface area (Å²) in [6.45, 7) is 3.12. The molecule has 0 spiro atoms. The van der Waals surface area contributed by atoms with Gasteiger partial charge < -0.3 is 14.8 Å². The molecular formula is C21H19ClN2O3. The molecule has 0 atom stereocenters. The van der Waals surface area contributed by atoms with Crippen LogP contribution in [0.15, 0.2) is 42.0 Å². The van der Waals surface area contributed by atoms with E-state index in [9.17, 15) is 10.1 Å². The van der Waals surface area contributed by atoms with Crippen LogP contribution in [-0.4, -0.2) is 19.1 Å². The lowest BCUT2D eigenvalue weighted by atomic mass is 10.1. The Hall–Kier alpha value is -2.97. The van der Waals surface area contributed by atoms with Gasteiger partial charge in [0.05, 0.1) is 18.2 Å². The summed E-state index contributed by atoms with van der Waals surface area (Å²) in [7, 11) is 0. The highest BCUT2D eigenvalue weighted by atomic mass is 35.5. The highest BCUT2D eigenvalue weighted by molar-refractivity contribution is 6.32. The lowest BCUT2D eigenvalue weighted by Crippen LogP contribution is -2.13. The van der Waals surface area contributed by atoms with Crippen LogP contribution in [0.25, 0.3) is 6.08 Å². The molecule has 2 aromatic rings. The average Bonchev–Trinajstić information content (AvgIpc) is 2.92. The lowest BCUT2D eigenvalue weighted by Gasteiger charge is -2.10. The van der Waals surface area contributed by atoms with Crippen molar-refractivity contribution in [3.8, 4) is 17.6 Å². The van der Waals surface area contributed by atoms with Gasteiger partial charge in [-0.2, -0.15) is 5.26 Å². The van der Waals surface area contributed by atoms with Crippen molar-refractivity contribution >= 4 is 29.3 Å². The Balaban J connectivity index is 1.83. The molecule has 5 nitrogen and oxygen atoms in total. The monoisotopic (exact) mass is 382 g/mol. The molecule has 3 rings (SSSR count). The Labute approximate surface area is 163 Å². The van der Waals surface area contributed by atoms with E-state index >= 15 is 0 Å². The number of nitrogens with one attached hydrogen (secondary N) is 1. The van der Waals surface area contributed by atoms with E-state index < -0.39 is 5.91 Å². The minimum atomic E-state index is -0.481. The number of ether oxygens (including phenoxy) is 2. The number of hydrogen-bond donors (Lipinski definition) is 1. The van der Waals surface area contributed by atoms with Crippen LogP contribution in [0.4, 0.5) is 5.69 Å². The molecule has 0 aliphatic carbocycles. The maximum Gasteiger partial charge on any atom is 0.266 e. The van der Waals surface area contributed by atoms with Crippen LogP contribution >= 0.6 is 11.6 Å². The number of fused-ring (bicyclic) bond motifs is 1. The number of rotatable bonds is 4. The Kier molecular flexibility index (Phi) is 6.00. The number of carbonyl (C=O) groups excluding carboxylic acids is 1. The van der Waals surface area contributed by atoms with Crippen LogP contribution in [-0.2, 0) is 11.2 Å². The van der Waals surface area contributed by atoms with Crippen molar-refractivity contribution in [1.29, 1.82) is 5.26 Å². The molecule has 6 heteroatoms. The first kappa shape index (κ1) is 18.8. The second kappa shape index (κ2) is 8.61. The third-order valence-electron chi connectivity index (χ3n) is 4.12. The highest BCUT2D eigenvalue weighted by Crippen LogP contribution is 2.38. The highest BCUT2D eigenvalue weighted by Gasteiger charge is 2.16. The smallest absolute Gasteiger partial charge is 0.266 e. The van der Waals surface area contributed by atoms with E-state index in [0.29, 0.717) is 41.0 Å². The van der Waals surface area contributed by atoms with Crippen LogP contribution < -0.4 is 14.8 Å². The quantitative estimate of drug-likeness (QED) is 0.619. The molecule has 2 aromatic carbocycles. The summed E-state index contributed by atoms with van der Waals surface area (Å²) in [6, 6.07) is 12.8. The molecule has 1 N–H and O–H groups in total. The fraction of sp³-hybridized carbons (Fsp3) is 0.238. The van der Waals surface area contributed by atoms with E-state index in [2.05, 4.69) is 12.2 Å². The number of halogens is 1. The van der Waals surface area contributed by atoms with Crippen molar-refractivity contribution in [2.75, 3.05) is 18.5 Å². The summed E-state index contributed by atoms with van der Waals surface area (Å²) < 4.78 is 11.2. The zero-order chi connectivity index (χ0) is 19.2. The van der Waals surface area contributed by atoms with Crippen LogP contribution in [0.2, 0.25) is 5.02 Å². The van der Waals surface area contributed by atoms with E-state index in [1.165, 1.54) is 11.6 Å². The molecule has 1 heterocycles. The van der Waals surface area contributed by atoms with Gasteiger partial charge in [-0.1, -0.05) is 30.7 Å². The van der Waals surface area contributed by atoms with E-state index in [1.54, 1.807) is 12.1 Å². The first-order chi connectivity index (χ1) is 13.1. The summed E-state index contributed by atoms with van der Waals surface area (Å²) in [4.78, 5) is 12.4. The van der Waals surface area contributed by atoms with Gasteiger partial charge in [-0.05, 0) is 47.9 Å². The van der Waals surface area contributed by atoms with Crippen LogP contribution in [0.1, 0.15) is 24.5 Å². The van der Waals surface area contributed by atoms with Gasteiger partial charge in [0, 0.05) is 12.1 Å². The summed E-state index contributed by atoms with van der Waals surface area (Å²) in [5, 5.41) is 12.5. The van der Waals surface area contributed by atoms with Crippen molar-refractivity contribution in [2.24, 2.45) is 0 Å². The lowest BCUT2D eigenvalue weighted by molar-refractivity contribution is -0.112. The molecule has 0 bridgehead atoms. The number of aryl methyl sites for hydroxylation is 1. The molecule has 0 radical (unpaired) electrons. The van der Waals surface area contributed by atoms with E-state index in [1.807, 2.05) is 30.3 Å². The first-order valence-electron chi connectivity index (χ1n) is 8.72. The number of benzene rings is 2. The van der Waals surface area contributed by atoms with Crippen molar-refractivity contribution in [1.82, 2.24) is 0 Å². The maximum absolute atomic E-state index is 12.4. The molecule has 27 heavy (non-hydrogen) atoms. The topological polar surface area (TPSA) is 71.4 Å². The van der Waals surface area contributed by atoms with Crippen molar-refractivity contribution in [3.63, 3.8) is 0 Å². The molecule has 1 amide bonds. The standard InChI is InChI=1S/C21H19ClN2O3/c1-2-14-4-6-17(7-5-14)24-21(25)16(13-23)10-15-11-18(22)20-19(12-15)26-8-3-9-27-20/h4-7,10-12H,2-3,8-9H2,1H3,(H,24,25)/b16-10+. The van der Waals surface area contributed by atoms with Gasteiger partial charge in [-0.25, -0.2) is 0 Å². The van der Waals surface area contributed by atoms with Crippen LogP contribution in [0.3, 0.4) is 0 Å². The number of carbonyl (C=O) groups is 1. The molecule has 1 aliphatic heterocycles. The number of hydrogen-bond acceptors (Lipinski definition) is 4. The largest absolute Gasteiger partial charge is 0.489 e. The number of amides is 1. The molecule has 0 saturated heterocycles. The fourth-order valence-corrected chi connectivity index (χ4v) is 2.95. The zero-order valence-corrected chi connectivity index (χ0v) is 15.7.